The van der Waals surface area contributed by atoms with Gasteiger partial charge >= 0.3 is 0 Å². The van der Waals surface area contributed by atoms with Crippen LogP contribution in [0.25, 0.3) is 5.57 Å². The van der Waals surface area contributed by atoms with Crippen LogP contribution in [0, 0.1) is 5.41 Å². The summed E-state index contributed by atoms with van der Waals surface area (Å²) in [5, 5.41) is 2.37. The molecular formula is C64H83O4P. The molecule has 0 atom stereocenters. The van der Waals surface area contributed by atoms with E-state index < -0.39 is 8.15 Å². The Kier molecular flexibility index (Phi) is 16.1. The second-order valence-electron chi connectivity index (χ2n) is 23.7. The van der Waals surface area contributed by atoms with Crippen LogP contribution < -0.4 is 24.6 Å². The number of rotatable bonds is 13. The van der Waals surface area contributed by atoms with Crippen molar-refractivity contribution in [1.29, 1.82) is 0 Å². The van der Waals surface area contributed by atoms with Gasteiger partial charge in [0.05, 0.1) is 25.6 Å². The maximum atomic E-state index is 7.77. The van der Waals surface area contributed by atoms with Crippen molar-refractivity contribution in [3.63, 3.8) is 0 Å². The van der Waals surface area contributed by atoms with Gasteiger partial charge in [-0.05, 0) is 109 Å². The molecule has 0 unspecified atom stereocenters. The molecule has 0 fully saturated rings. The van der Waals surface area contributed by atoms with E-state index in [-0.39, 0.29) is 21.7 Å². The number of fused-ring (bicyclic) bond motifs is 5. The van der Waals surface area contributed by atoms with Crippen molar-refractivity contribution < 1.29 is 18.7 Å². The first kappa shape index (κ1) is 52.0. The van der Waals surface area contributed by atoms with Crippen molar-refractivity contribution in [2.75, 3.05) is 19.8 Å². The molecule has 5 aromatic rings. The van der Waals surface area contributed by atoms with E-state index in [1.807, 2.05) is 0 Å². The van der Waals surface area contributed by atoms with Crippen LogP contribution in [0.5, 0.6) is 17.2 Å². The Labute approximate surface area is 419 Å². The van der Waals surface area contributed by atoms with Gasteiger partial charge in [-0.25, -0.2) is 0 Å². The van der Waals surface area contributed by atoms with E-state index in [1.165, 1.54) is 77.4 Å². The van der Waals surface area contributed by atoms with E-state index in [9.17, 15) is 0 Å². The van der Waals surface area contributed by atoms with Crippen molar-refractivity contribution in [3.05, 3.63) is 164 Å². The van der Waals surface area contributed by atoms with Gasteiger partial charge in [-0.15, -0.1) is 0 Å². The van der Waals surface area contributed by atoms with Crippen LogP contribution in [-0.4, -0.2) is 19.8 Å². The Morgan fingerprint density at radius 1 is 0.464 bits per heavy atom. The SMILES string of the molecule is CCCO/C1=C2/C=C(/C(C)(C)C)c3c(C(C)(C)C)cc(c(OCCC)c3Cc3cc(C(C)(C)C)cc(c3OCCC)C2)Cc2cc(C(C)(C)C)cc(c2OP(c2ccccc2)c2ccccc2)CC1. The summed E-state index contributed by atoms with van der Waals surface area (Å²) in [7, 11) is -1.23. The average molecular weight is 947 g/mol. The largest absolute Gasteiger partial charge is 0.498 e. The fourth-order valence-electron chi connectivity index (χ4n) is 9.77. The minimum Gasteiger partial charge on any atom is -0.498 e. The van der Waals surface area contributed by atoms with Crippen molar-refractivity contribution in [1.82, 2.24) is 0 Å². The molecule has 69 heavy (non-hydrogen) atoms. The van der Waals surface area contributed by atoms with Gasteiger partial charge in [0.25, 0.3) is 0 Å². The lowest BCUT2D eigenvalue weighted by atomic mass is 9.70. The van der Waals surface area contributed by atoms with E-state index in [4.69, 9.17) is 18.7 Å². The average Bonchev–Trinajstić information content (AvgIpc) is 3.28. The lowest BCUT2D eigenvalue weighted by molar-refractivity contribution is 0.199. The molecule has 0 amide bonds. The first-order valence-corrected chi connectivity index (χ1v) is 27.3. The van der Waals surface area contributed by atoms with Crippen molar-refractivity contribution in [2.24, 2.45) is 5.41 Å². The number of benzene rings is 5. The summed E-state index contributed by atoms with van der Waals surface area (Å²) in [5.41, 5.74) is 14.5. The third kappa shape index (κ3) is 12.0. The molecule has 8 rings (SSSR count). The molecule has 0 heterocycles. The summed E-state index contributed by atoms with van der Waals surface area (Å²) in [6.07, 6.45) is 8.77. The van der Waals surface area contributed by atoms with Crippen LogP contribution in [0.2, 0.25) is 0 Å². The van der Waals surface area contributed by atoms with Crippen molar-refractivity contribution in [2.45, 2.75) is 171 Å². The van der Waals surface area contributed by atoms with Gasteiger partial charge in [0, 0.05) is 41.9 Å². The van der Waals surface area contributed by atoms with Crippen LogP contribution in [0.1, 0.15) is 185 Å². The molecular weight excluding hydrogens is 864 g/mol. The molecule has 0 aromatic heterocycles. The zero-order valence-corrected chi connectivity index (χ0v) is 46.0. The maximum absolute atomic E-state index is 7.77. The van der Waals surface area contributed by atoms with Crippen LogP contribution in [-0.2, 0) is 46.7 Å². The van der Waals surface area contributed by atoms with Gasteiger partial charge in [-0.2, -0.15) is 0 Å². The summed E-state index contributed by atoms with van der Waals surface area (Å²) in [4.78, 5) is 0. The molecule has 0 radical (unpaired) electrons. The lowest BCUT2D eigenvalue weighted by Crippen LogP contribution is -2.23. The Hall–Kier alpha value is -4.79. The number of aryl methyl sites for hydroxylation is 1. The second kappa shape index (κ2) is 21.3. The van der Waals surface area contributed by atoms with E-state index in [0.717, 1.165) is 55.1 Å². The third-order valence-electron chi connectivity index (χ3n) is 13.5. The molecule has 0 saturated carbocycles. The summed E-state index contributed by atoms with van der Waals surface area (Å²) in [5.74, 6) is 4.03. The van der Waals surface area contributed by atoms with Gasteiger partial charge in [-0.1, -0.05) is 201 Å². The monoisotopic (exact) mass is 947 g/mol. The minimum atomic E-state index is -1.23. The molecule has 0 N–H and O–H groups in total. The lowest BCUT2D eigenvalue weighted by Gasteiger charge is -2.36. The highest BCUT2D eigenvalue weighted by Crippen LogP contribution is 2.51. The molecule has 3 aliphatic carbocycles. The number of hydrogen-bond donors (Lipinski definition) is 0. The molecule has 0 aliphatic heterocycles. The number of allylic oxidation sites excluding steroid dienone is 4. The normalized spacial score (nSPS) is 16.3. The molecule has 368 valence electrons. The van der Waals surface area contributed by atoms with Gasteiger partial charge in [0.1, 0.15) is 17.2 Å². The number of ether oxygens (including phenoxy) is 3. The van der Waals surface area contributed by atoms with Crippen molar-refractivity contribution in [3.8, 4) is 17.2 Å². The Bertz CT molecular complexity index is 2600. The quantitative estimate of drug-likeness (QED) is 0.110. The molecule has 5 aromatic carbocycles. The molecule has 0 spiro atoms. The van der Waals surface area contributed by atoms with Gasteiger partial charge in [0.15, 0.2) is 8.15 Å². The summed E-state index contributed by atoms with van der Waals surface area (Å²) in [6, 6.07) is 34.0. The smallest absolute Gasteiger partial charge is 0.150 e. The Morgan fingerprint density at radius 2 is 0.942 bits per heavy atom. The predicted molar refractivity (Wildman–Crippen MR) is 295 cm³/mol. The first-order chi connectivity index (χ1) is 32.6. The van der Waals surface area contributed by atoms with E-state index in [1.54, 1.807) is 0 Å². The van der Waals surface area contributed by atoms with Crippen LogP contribution in [0.15, 0.2) is 108 Å². The van der Waals surface area contributed by atoms with E-state index in [2.05, 4.69) is 201 Å². The fraction of sp³-hybridized carbons (Fsp3) is 0.469. The van der Waals surface area contributed by atoms with E-state index >= 15 is 0 Å². The molecule has 8 bridgehead atoms. The van der Waals surface area contributed by atoms with Gasteiger partial charge in [-0.3, -0.25) is 0 Å². The highest BCUT2D eigenvalue weighted by atomic mass is 31.1. The highest BCUT2D eigenvalue weighted by Gasteiger charge is 2.36. The summed E-state index contributed by atoms with van der Waals surface area (Å²) in [6.45, 7) is 36.9. The molecule has 0 saturated heterocycles. The molecule has 4 nitrogen and oxygen atoms in total. The molecule has 3 aliphatic rings. The highest BCUT2D eigenvalue weighted by molar-refractivity contribution is 7.68. The Balaban J connectivity index is 1.69. The van der Waals surface area contributed by atoms with E-state index in [0.29, 0.717) is 39.1 Å². The maximum Gasteiger partial charge on any atom is 0.150 e. The van der Waals surface area contributed by atoms with Crippen LogP contribution >= 0.6 is 8.15 Å². The van der Waals surface area contributed by atoms with Crippen molar-refractivity contribution >= 4 is 24.3 Å². The number of hydrogen-bond acceptors (Lipinski definition) is 4. The summed E-state index contributed by atoms with van der Waals surface area (Å²) < 4.78 is 29.3. The van der Waals surface area contributed by atoms with Gasteiger partial charge in [0.2, 0.25) is 0 Å². The third-order valence-corrected chi connectivity index (χ3v) is 15.4. The van der Waals surface area contributed by atoms with Crippen LogP contribution in [0.4, 0.5) is 0 Å². The minimum absolute atomic E-state index is 0.0822. The fourth-order valence-corrected chi connectivity index (χ4v) is 11.6. The molecule has 5 heteroatoms. The topological polar surface area (TPSA) is 36.9 Å². The van der Waals surface area contributed by atoms with Gasteiger partial charge < -0.3 is 18.7 Å². The zero-order valence-electron chi connectivity index (χ0n) is 45.1. The predicted octanol–water partition coefficient (Wildman–Crippen LogP) is 16.4. The first-order valence-electron chi connectivity index (χ1n) is 26.0. The standard InChI is InChI=1S/C64H83O4P/c1-16-31-65-56-30-29-43-36-49(61(4,5)6)38-46(59(43)68-69(51-25-21-19-22-26-51)52-27-23-20-24-28-52)35-47-42-55(64(13,14)15)57-53(60(47)67-33-18-3)40-48-39-50(62(7,8)9)37-45(58(48)66-32-17-2)34-44(56)41-54(57)63(10,11)12/h19-28,36-39,41-42H,16-18,29-35,40H2,1-15H3/b54-41+,56-44+. The van der Waals surface area contributed by atoms with Crippen LogP contribution in [0.3, 0.4) is 0 Å². The summed E-state index contributed by atoms with van der Waals surface area (Å²) >= 11 is 0. The second-order valence-corrected chi connectivity index (χ2v) is 25.5. The zero-order chi connectivity index (χ0) is 49.9. The Morgan fingerprint density at radius 3 is 1.45 bits per heavy atom.